The molecule has 0 aromatic heterocycles. The van der Waals surface area contributed by atoms with E-state index in [1.807, 2.05) is 18.2 Å². The molecule has 0 amide bonds. The van der Waals surface area contributed by atoms with Crippen LogP contribution in [0.2, 0.25) is 0 Å². The minimum absolute atomic E-state index is 0.473. The van der Waals surface area contributed by atoms with E-state index in [4.69, 9.17) is 0 Å². The Morgan fingerprint density at radius 2 is 0.826 bits per heavy atom. The van der Waals surface area contributed by atoms with Crippen LogP contribution in [0.1, 0.15) is 40.7 Å². The maximum Gasteiger partial charge on any atom is 0.00610 e. The van der Waals surface area contributed by atoms with E-state index in [0.717, 1.165) is 0 Å². The lowest BCUT2D eigenvalue weighted by Gasteiger charge is -2.12. The highest BCUT2D eigenvalue weighted by Gasteiger charge is 2.07. The number of hydrogen-bond donors (Lipinski definition) is 0. The SMILES string of the molecule is Cc1ccc(C(C)c2ccc(C)cc2)cc1.Cc1ccccc1. The van der Waals surface area contributed by atoms with Gasteiger partial charge in [-0.1, -0.05) is 102 Å². The monoisotopic (exact) mass is 302 g/mol. The predicted molar refractivity (Wildman–Crippen MR) is 101 cm³/mol. The summed E-state index contributed by atoms with van der Waals surface area (Å²) in [5, 5.41) is 0. The van der Waals surface area contributed by atoms with Gasteiger partial charge in [0.15, 0.2) is 0 Å². The van der Waals surface area contributed by atoms with Crippen LogP contribution < -0.4 is 0 Å². The van der Waals surface area contributed by atoms with Crippen LogP contribution in [-0.2, 0) is 0 Å². The lowest BCUT2D eigenvalue weighted by atomic mass is 9.92. The van der Waals surface area contributed by atoms with E-state index >= 15 is 0 Å². The summed E-state index contributed by atoms with van der Waals surface area (Å²) >= 11 is 0. The normalized spacial score (nSPS) is 10.1. The molecule has 0 nitrogen and oxygen atoms in total. The highest BCUT2D eigenvalue weighted by molar-refractivity contribution is 5.34. The second-order valence-corrected chi connectivity index (χ2v) is 6.20. The Hall–Kier alpha value is -2.34. The molecule has 23 heavy (non-hydrogen) atoms. The second-order valence-electron chi connectivity index (χ2n) is 6.20. The molecule has 0 heterocycles. The molecule has 3 aromatic rings. The Bertz CT molecular complexity index is 646. The molecule has 0 spiro atoms. The van der Waals surface area contributed by atoms with Gasteiger partial charge in [0.05, 0.1) is 0 Å². The molecule has 0 aliphatic heterocycles. The van der Waals surface area contributed by atoms with Crippen molar-refractivity contribution in [3.05, 3.63) is 107 Å². The van der Waals surface area contributed by atoms with E-state index in [1.54, 1.807) is 0 Å². The molecule has 3 rings (SSSR count). The summed E-state index contributed by atoms with van der Waals surface area (Å²) in [4.78, 5) is 0. The highest BCUT2D eigenvalue weighted by atomic mass is 14.1. The Labute approximate surface area is 140 Å². The smallest absolute Gasteiger partial charge is 0.00610 e. The average molecular weight is 302 g/mol. The van der Waals surface area contributed by atoms with Gasteiger partial charge in [-0.05, 0) is 31.9 Å². The molecule has 0 N–H and O–H groups in total. The van der Waals surface area contributed by atoms with Crippen molar-refractivity contribution >= 4 is 0 Å². The van der Waals surface area contributed by atoms with Gasteiger partial charge in [-0.3, -0.25) is 0 Å². The molecule has 0 heteroatoms. The van der Waals surface area contributed by atoms with Crippen LogP contribution in [-0.4, -0.2) is 0 Å². The molecule has 0 aliphatic rings. The topological polar surface area (TPSA) is 0 Å². The number of hydrogen-bond acceptors (Lipinski definition) is 0. The molecule has 0 saturated heterocycles. The summed E-state index contributed by atoms with van der Waals surface area (Å²) in [5.74, 6) is 0.473. The minimum Gasteiger partial charge on any atom is -0.0622 e. The Kier molecular flexibility index (Phi) is 6.17. The predicted octanol–water partition coefficient (Wildman–Crippen LogP) is 6.45. The van der Waals surface area contributed by atoms with E-state index in [1.165, 1.54) is 27.8 Å². The first-order valence-electron chi connectivity index (χ1n) is 8.21. The van der Waals surface area contributed by atoms with Crippen LogP contribution in [0.4, 0.5) is 0 Å². The van der Waals surface area contributed by atoms with Crippen LogP contribution in [0.3, 0.4) is 0 Å². The molecular weight excluding hydrogens is 276 g/mol. The summed E-state index contributed by atoms with van der Waals surface area (Å²) in [6, 6.07) is 27.9. The standard InChI is InChI=1S/C16H18.C7H8/c1-12-4-8-15(9-5-12)14(3)16-10-6-13(2)7-11-16;1-7-5-3-2-4-6-7/h4-11,14H,1-3H3;2-6H,1H3. The highest BCUT2D eigenvalue weighted by Crippen LogP contribution is 2.24. The van der Waals surface area contributed by atoms with Crippen LogP contribution in [0.25, 0.3) is 0 Å². The van der Waals surface area contributed by atoms with Crippen LogP contribution in [0, 0.1) is 20.8 Å². The zero-order valence-electron chi connectivity index (χ0n) is 14.6. The van der Waals surface area contributed by atoms with Crippen molar-refractivity contribution in [3.63, 3.8) is 0 Å². The van der Waals surface area contributed by atoms with E-state index in [9.17, 15) is 0 Å². The quantitative estimate of drug-likeness (QED) is 0.510. The zero-order valence-corrected chi connectivity index (χ0v) is 14.6. The van der Waals surface area contributed by atoms with Gasteiger partial charge in [-0.25, -0.2) is 0 Å². The van der Waals surface area contributed by atoms with Crippen molar-refractivity contribution in [1.82, 2.24) is 0 Å². The number of benzene rings is 3. The maximum absolute atomic E-state index is 2.26. The third-order valence-electron chi connectivity index (χ3n) is 4.10. The molecule has 0 atom stereocenters. The maximum atomic E-state index is 2.26. The van der Waals surface area contributed by atoms with Crippen molar-refractivity contribution in [1.29, 1.82) is 0 Å². The van der Waals surface area contributed by atoms with Gasteiger partial charge >= 0.3 is 0 Å². The third-order valence-corrected chi connectivity index (χ3v) is 4.10. The molecule has 0 radical (unpaired) electrons. The molecule has 118 valence electrons. The summed E-state index contributed by atoms with van der Waals surface area (Å²) in [5.41, 5.74) is 6.73. The fraction of sp³-hybridized carbons (Fsp3) is 0.217. The minimum atomic E-state index is 0.473. The van der Waals surface area contributed by atoms with Crippen LogP contribution >= 0.6 is 0 Å². The van der Waals surface area contributed by atoms with E-state index in [0.29, 0.717) is 5.92 Å². The first-order chi connectivity index (χ1) is 11.1. The van der Waals surface area contributed by atoms with Crippen molar-refractivity contribution < 1.29 is 0 Å². The summed E-state index contributed by atoms with van der Waals surface area (Å²) in [6.45, 7) is 8.59. The van der Waals surface area contributed by atoms with Crippen LogP contribution in [0.5, 0.6) is 0 Å². The van der Waals surface area contributed by atoms with E-state index < -0.39 is 0 Å². The fourth-order valence-corrected chi connectivity index (χ4v) is 2.44. The number of rotatable bonds is 2. The summed E-state index contributed by atoms with van der Waals surface area (Å²) in [6.07, 6.45) is 0. The molecular formula is C23H26. The van der Waals surface area contributed by atoms with Gasteiger partial charge in [0, 0.05) is 5.92 Å². The van der Waals surface area contributed by atoms with E-state index in [-0.39, 0.29) is 0 Å². The van der Waals surface area contributed by atoms with Crippen LogP contribution in [0.15, 0.2) is 78.9 Å². The second kappa shape index (κ2) is 8.33. The van der Waals surface area contributed by atoms with E-state index in [2.05, 4.69) is 88.4 Å². The van der Waals surface area contributed by atoms with Gasteiger partial charge in [-0.2, -0.15) is 0 Å². The van der Waals surface area contributed by atoms with Gasteiger partial charge in [-0.15, -0.1) is 0 Å². The molecule has 0 unspecified atom stereocenters. The van der Waals surface area contributed by atoms with Crippen molar-refractivity contribution in [3.8, 4) is 0 Å². The first-order valence-corrected chi connectivity index (χ1v) is 8.21. The Balaban J connectivity index is 0.000000229. The number of aryl methyl sites for hydroxylation is 3. The van der Waals surface area contributed by atoms with Crippen molar-refractivity contribution in [2.45, 2.75) is 33.6 Å². The zero-order chi connectivity index (χ0) is 16.7. The van der Waals surface area contributed by atoms with Gasteiger partial charge in [0.25, 0.3) is 0 Å². The first kappa shape index (κ1) is 17.0. The van der Waals surface area contributed by atoms with Crippen molar-refractivity contribution in [2.24, 2.45) is 0 Å². The average Bonchev–Trinajstić information content (AvgIpc) is 2.57. The van der Waals surface area contributed by atoms with Gasteiger partial charge < -0.3 is 0 Å². The Morgan fingerprint density at radius 3 is 1.13 bits per heavy atom. The van der Waals surface area contributed by atoms with Gasteiger partial charge in [0.2, 0.25) is 0 Å². The summed E-state index contributed by atoms with van der Waals surface area (Å²) < 4.78 is 0. The molecule has 0 fully saturated rings. The fourth-order valence-electron chi connectivity index (χ4n) is 2.44. The summed E-state index contributed by atoms with van der Waals surface area (Å²) in [7, 11) is 0. The molecule has 0 bridgehead atoms. The lowest BCUT2D eigenvalue weighted by Crippen LogP contribution is -1.95. The molecule has 0 aliphatic carbocycles. The Morgan fingerprint density at radius 1 is 0.478 bits per heavy atom. The lowest BCUT2D eigenvalue weighted by molar-refractivity contribution is 0.920. The van der Waals surface area contributed by atoms with Crippen molar-refractivity contribution in [2.75, 3.05) is 0 Å². The molecule has 3 aromatic carbocycles. The molecule has 0 saturated carbocycles. The van der Waals surface area contributed by atoms with Gasteiger partial charge in [0.1, 0.15) is 0 Å². The third kappa shape index (κ3) is 5.41. The largest absolute Gasteiger partial charge is 0.0622 e.